The average molecular weight is 693 g/mol. The number of ether oxygens (including phenoxy) is 2. The van der Waals surface area contributed by atoms with E-state index in [9.17, 15) is 9.59 Å². The van der Waals surface area contributed by atoms with E-state index in [0.717, 1.165) is 44.0 Å². The molecule has 6 rings (SSSR count). The molecule has 1 aromatic heterocycles. The Morgan fingerprint density at radius 3 is 2.04 bits per heavy atom. The normalized spacial score (nSPS) is 20.4. The molecule has 0 spiro atoms. The highest BCUT2D eigenvalue weighted by Crippen LogP contribution is 2.39. The number of guanidine groups is 2. The molecule has 2 aliphatic rings. The van der Waals surface area contributed by atoms with Crippen molar-refractivity contribution in [1.82, 2.24) is 9.80 Å². The zero-order valence-electron chi connectivity index (χ0n) is 29.2. The van der Waals surface area contributed by atoms with Crippen LogP contribution in [0.4, 0.5) is 0 Å². The fraction of sp³-hybridized carbons (Fsp3) is 0.282. The lowest BCUT2D eigenvalue weighted by atomic mass is 9.86. The maximum atomic E-state index is 12.2. The van der Waals surface area contributed by atoms with E-state index in [1.165, 1.54) is 9.80 Å². The second-order valence-electron chi connectivity index (χ2n) is 12.8. The largest absolute Gasteiger partial charge is 0.490 e. The molecule has 260 valence electrons. The van der Waals surface area contributed by atoms with Crippen LogP contribution in [0.25, 0.3) is 22.3 Å². The van der Waals surface area contributed by atoms with Crippen LogP contribution < -0.4 is 16.2 Å². The van der Waals surface area contributed by atoms with Crippen LogP contribution in [0, 0.1) is 0 Å². The molecule has 10 nitrogen and oxygen atoms in total. The van der Waals surface area contributed by atoms with Gasteiger partial charge in [0.05, 0.1) is 25.0 Å². The molecule has 2 amide bonds. The predicted molar refractivity (Wildman–Crippen MR) is 201 cm³/mol. The zero-order chi connectivity index (χ0) is 36.1. The van der Waals surface area contributed by atoms with Gasteiger partial charge in [-0.25, -0.2) is 9.98 Å². The zero-order valence-corrected chi connectivity index (χ0v) is 30.0. The number of nitrogens with zero attached hydrogens (tertiary/aromatic N) is 4. The van der Waals surface area contributed by atoms with Gasteiger partial charge in [0.15, 0.2) is 11.9 Å². The molecule has 0 bridgehead atoms. The Hall–Kier alpha value is -5.26. The third kappa shape index (κ3) is 7.96. The quantitative estimate of drug-likeness (QED) is 0.199. The predicted octanol–water partition coefficient (Wildman–Crippen LogP) is 6.26. The second-order valence-corrected chi connectivity index (χ2v) is 13.7. The number of carbonyl (C=O) groups is 2. The van der Waals surface area contributed by atoms with Crippen LogP contribution >= 0.6 is 11.3 Å². The van der Waals surface area contributed by atoms with Crippen molar-refractivity contribution >= 4 is 35.1 Å². The molecule has 0 radical (unpaired) electrons. The Kier molecular flexibility index (Phi) is 10.9. The third-order valence-corrected chi connectivity index (χ3v) is 10.1. The van der Waals surface area contributed by atoms with Crippen LogP contribution in [0.2, 0.25) is 0 Å². The highest BCUT2D eigenvalue weighted by atomic mass is 32.1. The summed E-state index contributed by atoms with van der Waals surface area (Å²) in [6, 6.07) is 26.3. The number of methoxy groups -OCH3 is 1. The Balaban J connectivity index is 0.000000195. The Labute approximate surface area is 297 Å². The van der Waals surface area contributed by atoms with Crippen molar-refractivity contribution in [3.05, 3.63) is 113 Å². The Morgan fingerprint density at radius 2 is 1.40 bits per heavy atom. The summed E-state index contributed by atoms with van der Waals surface area (Å²) in [5.74, 6) is 1.25. The van der Waals surface area contributed by atoms with E-state index >= 15 is 0 Å². The van der Waals surface area contributed by atoms with Gasteiger partial charge in [-0.1, -0.05) is 61.2 Å². The molecule has 50 heavy (non-hydrogen) atoms. The number of hydrogen-bond donors (Lipinski definition) is 2. The van der Waals surface area contributed by atoms with Gasteiger partial charge in [-0.3, -0.25) is 19.4 Å². The minimum Gasteiger partial charge on any atom is -0.490 e. The first-order valence-corrected chi connectivity index (χ1v) is 17.1. The molecular formula is C39H44N6O4S. The molecule has 3 heterocycles. The molecule has 0 unspecified atom stereocenters. The van der Waals surface area contributed by atoms with Gasteiger partial charge < -0.3 is 20.9 Å². The highest BCUT2D eigenvalue weighted by Gasteiger charge is 2.38. The SMILES string of the molecule is C=CCOc1cccc(-c2cccc([C@]3(C)CC(=O)N(C)C(N)=N3)c2)c1.COCc1cccc(-c2csc([C@]3(C)CC(=O)N(C)C(N)=N3)c2)c1. The molecule has 0 saturated carbocycles. The lowest BCUT2D eigenvalue weighted by Gasteiger charge is -2.33. The van der Waals surface area contributed by atoms with Crippen LogP contribution in [-0.2, 0) is 32.0 Å². The number of carbonyl (C=O) groups excluding carboxylic acids is 2. The number of hydrogen-bond acceptors (Lipinski definition) is 9. The third-order valence-electron chi connectivity index (χ3n) is 8.87. The molecule has 2 atom stereocenters. The number of rotatable bonds is 9. The summed E-state index contributed by atoms with van der Waals surface area (Å²) in [7, 11) is 4.99. The van der Waals surface area contributed by atoms with E-state index in [2.05, 4.69) is 46.2 Å². The van der Waals surface area contributed by atoms with E-state index in [0.29, 0.717) is 19.6 Å². The molecule has 0 saturated heterocycles. The summed E-state index contributed by atoms with van der Waals surface area (Å²) < 4.78 is 10.8. The van der Waals surface area contributed by atoms with Crippen LogP contribution in [-0.4, -0.2) is 61.3 Å². The first-order chi connectivity index (χ1) is 23.9. The second kappa shape index (κ2) is 15.1. The summed E-state index contributed by atoms with van der Waals surface area (Å²) in [6.45, 7) is 8.62. The van der Waals surface area contributed by atoms with Gasteiger partial charge in [0, 0.05) is 26.1 Å². The topological polar surface area (TPSA) is 136 Å². The molecule has 2 aliphatic heterocycles. The standard InChI is InChI=1S/C21H23N3O2.C18H21N3O2S/c1-4-11-26-18-10-6-8-16(13-18)15-7-5-9-17(12-15)21(2)14-19(25)24(3)20(22)23-21;1-18(9-16(22)21(2)17(19)20-18)15-8-14(11-24-15)13-6-4-5-12(7-13)10-23-3/h4-10,12-13H,1,11,14H2,2-3H3,(H2,22,23);4-8,11H,9-10H2,1-3H3,(H2,19,20)/t21-;18-/m00/s1. The first kappa shape index (κ1) is 36.0. The van der Waals surface area contributed by atoms with Crippen molar-refractivity contribution in [2.75, 3.05) is 27.8 Å². The Morgan fingerprint density at radius 1 is 0.820 bits per heavy atom. The number of nitrogens with two attached hydrogens (primary N) is 2. The lowest BCUT2D eigenvalue weighted by Crippen LogP contribution is -2.47. The number of amides is 2. The highest BCUT2D eigenvalue weighted by molar-refractivity contribution is 7.10. The van der Waals surface area contributed by atoms with Gasteiger partial charge in [-0.15, -0.1) is 11.3 Å². The number of thiophene rings is 1. The smallest absolute Gasteiger partial charge is 0.231 e. The van der Waals surface area contributed by atoms with E-state index in [4.69, 9.17) is 20.9 Å². The van der Waals surface area contributed by atoms with Crippen molar-refractivity contribution in [1.29, 1.82) is 0 Å². The fourth-order valence-electron chi connectivity index (χ4n) is 5.86. The summed E-state index contributed by atoms with van der Waals surface area (Å²) in [5, 5.41) is 2.10. The van der Waals surface area contributed by atoms with Gasteiger partial charge in [0.1, 0.15) is 17.9 Å². The average Bonchev–Trinajstić information content (AvgIpc) is 3.61. The molecular weight excluding hydrogens is 649 g/mol. The van der Waals surface area contributed by atoms with Crippen molar-refractivity contribution in [3.8, 4) is 28.0 Å². The van der Waals surface area contributed by atoms with Crippen LogP contribution in [0.1, 0.15) is 42.7 Å². The van der Waals surface area contributed by atoms with Gasteiger partial charge in [0.25, 0.3) is 0 Å². The maximum absolute atomic E-state index is 12.2. The molecule has 4 N–H and O–H groups in total. The minimum absolute atomic E-state index is 0.0120. The van der Waals surface area contributed by atoms with E-state index in [1.807, 2.05) is 68.4 Å². The summed E-state index contributed by atoms with van der Waals surface area (Å²) >= 11 is 1.61. The summed E-state index contributed by atoms with van der Waals surface area (Å²) in [6.07, 6.45) is 2.33. The van der Waals surface area contributed by atoms with Crippen molar-refractivity contribution in [3.63, 3.8) is 0 Å². The van der Waals surface area contributed by atoms with Gasteiger partial charge >= 0.3 is 0 Å². The van der Waals surface area contributed by atoms with Gasteiger partial charge in [-0.2, -0.15) is 0 Å². The van der Waals surface area contributed by atoms with Crippen molar-refractivity contribution in [2.45, 2.75) is 44.4 Å². The van der Waals surface area contributed by atoms with Crippen LogP contribution in [0.15, 0.2) is 107 Å². The monoisotopic (exact) mass is 692 g/mol. The molecule has 3 aromatic carbocycles. The number of aliphatic imine (C=N–C) groups is 2. The number of benzene rings is 3. The lowest BCUT2D eigenvalue weighted by molar-refractivity contribution is -0.129. The van der Waals surface area contributed by atoms with E-state index in [1.54, 1.807) is 38.6 Å². The van der Waals surface area contributed by atoms with Gasteiger partial charge in [-0.05, 0) is 82.9 Å². The first-order valence-electron chi connectivity index (χ1n) is 16.2. The van der Waals surface area contributed by atoms with Gasteiger partial charge in [0.2, 0.25) is 11.8 Å². The fourth-order valence-corrected chi connectivity index (χ4v) is 6.88. The molecule has 0 fully saturated rings. The van der Waals surface area contributed by atoms with Crippen LogP contribution in [0.5, 0.6) is 5.75 Å². The summed E-state index contributed by atoms with van der Waals surface area (Å²) in [4.78, 5) is 37.4. The molecule has 0 aliphatic carbocycles. The Bertz CT molecular complexity index is 1950. The maximum Gasteiger partial charge on any atom is 0.231 e. The summed E-state index contributed by atoms with van der Waals surface area (Å²) in [5.41, 5.74) is 17.0. The minimum atomic E-state index is -0.666. The van der Waals surface area contributed by atoms with Crippen molar-refractivity contribution in [2.24, 2.45) is 21.5 Å². The van der Waals surface area contributed by atoms with E-state index in [-0.39, 0.29) is 30.2 Å². The van der Waals surface area contributed by atoms with Crippen LogP contribution in [0.3, 0.4) is 0 Å². The molecule has 11 heteroatoms. The molecule has 4 aromatic rings. The van der Waals surface area contributed by atoms with E-state index < -0.39 is 11.1 Å². The van der Waals surface area contributed by atoms with Crippen molar-refractivity contribution < 1.29 is 19.1 Å².